The van der Waals surface area contributed by atoms with Gasteiger partial charge in [0.1, 0.15) is 10.7 Å². The number of rotatable bonds is 3. The molecule has 78 valence electrons. The average Bonchev–Trinajstić information content (AvgIpc) is 2.07. The van der Waals surface area contributed by atoms with E-state index in [0.29, 0.717) is 6.42 Å². The van der Waals surface area contributed by atoms with Gasteiger partial charge in [0, 0.05) is 11.5 Å². The Bertz CT molecular complexity index is 433. The summed E-state index contributed by atoms with van der Waals surface area (Å²) in [7, 11) is -3.78. The van der Waals surface area contributed by atoms with Gasteiger partial charge in [-0.2, -0.15) is 0 Å². The van der Waals surface area contributed by atoms with E-state index in [-0.39, 0.29) is 10.7 Å². The Balaban J connectivity index is 3.22. The lowest BCUT2D eigenvalue weighted by atomic mass is 10.2. The SMILES string of the molecule is Nc1ncc(CCBr)cc1S(N)(=O)=O. The van der Waals surface area contributed by atoms with Crippen molar-refractivity contribution in [2.45, 2.75) is 11.3 Å². The van der Waals surface area contributed by atoms with Gasteiger partial charge in [0.2, 0.25) is 10.0 Å². The third-order valence-corrected chi connectivity index (χ3v) is 2.96. The maximum absolute atomic E-state index is 11.1. The van der Waals surface area contributed by atoms with Crippen LogP contribution in [-0.2, 0) is 16.4 Å². The van der Waals surface area contributed by atoms with Crippen molar-refractivity contribution in [3.8, 4) is 0 Å². The molecule has 0 amide bonds. The number of anilines is 1. The highest BCUT2D eigenvalue weighted by atomic mass is 79.9. The minimum Gasteiger partial charge on any atom is -0.383 e. The molecule has 4 N–H and O–H groups in total. The average molecular weight is 280 g/mol. The second-order valence-electron chi connectivity index (χ2n) is 2.71. The molecule has 1 heterocycles. The molecule has 14 heavy (non-hydrogen) atoms. The van der Waals surface area contributed by atoms with Crippen molar-refractivity contribution in [1.29, 1.82) is 0 Å². The Labute approximate surface area is 90.7 Å². The number of nitrogens with zero attached hydrogens (tertiary/aromatic N) is 1. The molecule has 1 aromatic heterocycles. The molecular formula is C7H10BrN3O2S. The molecule has 0 aliphatic heterocycles. The minimum absolute atomic E-state index is 0.0641. The summed E-state index contributed by atoms with van der Waals surface area (Å²) in [6.45, 7) is 0. The molecule has 1 aromatic rings. The number of aromatic nitrogens is 1. The van der Waals surface area contributed by atoms with E-state index in [4.69, 9.17) is 10.9 Å². The summed E-state index contributed by atoms with van der Waals surface area (Å²) in [6, 6.07) is 1.44. The summed E-state index contributed by atoms with van der Waals surface area (Å²) in [5, 5.41) is 5.69. The molecule has 0 fully saturated rings. The van der Waals surface area contributed by atoms with Crippen molar-refractivity contribution in [2.75, 3.05) is 11.1 Å². The molecule has 0 radical (unpaired) electrons. The number of hydrogen-bond donors (Lipinski definition) is 2. The van der Waals surface area contributed by atoms with Crippen molar-refractivity contribution >= 4 is 31.8 Å². The van der Waals surface area contributed by atoms with E-state index >= 15 is 0 Å². The fourth-order valence-electron chi connectivity index (χ4n) is 0.969. The van der Waals surface area contributed by atoms with Gasteiger partial charge in [-0.25, -0.2) is 18.5 Å². The number of alkyl halides is 1. The zero-order chi connectivity index (χ0) is 10.8. The fourth-order valence-corrected chi connectivity index (χ4v) is 2.09. The lowest BCUT2D eigenvalue weighted by Crippen LogP contribution is -2.15. The van der Waals surface area contributed by atoms with Crippen LogP contribution in [0.25, 0.3) is 0 Å². The predicted octanol–water partition coefficient (Wildman–Crippen LogP) is 0.249. The molecule has 0 saturated carbocycles. The van der Waals surface area contributed by atoms with Gasteiger partial charge in [0.25, 0.3) is 0 Å². The van der Waals surface area contributed by atoms with Crippen LogP contribution in [0.2, 0.25) is 0 Å². The largest absolute Gasteiger partial charge is 0.383 e. The minimum atomic E-state index is -3.78. The first-order chi connectivity index (χ1) is 6.45. The first-order valence-corrected chi connectivity index (χ1v) is 6.45. The van der Waals surface area contributed by atoms with Gasteiger partial charge < -0.3 is 5.73 Å². The van der Waals surface area contributed by atoms with Crippen molar-refractivity contribution < 1.29 is 8.42 Å². The summed E-state index contributed by atoms with van der Waals surface area (Å²) in [5.74, 6) is -0.0641. The first kappa shape index (κ1) is 11.4. The van der Waals surface area contributed by atoms with Crippen LogP contribution in [0.15, 0.2) is 17.2 Å². The van der Waals surface area contributed by atoms with Crippen molar-refractivity contribution in [1.82, 2.24) is 4.98 Å². The third kappa shape index (κ3) is 2.66. The van der Waals surface area contributed by atoms with Crippen molar-refractivity contribution in [2.24, 2.45) is 5.14 Å². The van der Waals surface area contributed by atoms with Crippen LogP contribution in [-0.4, -0.2) is 18.7 Å². The van der Waals surface area contributed by atoms with Gasteiger partial charge in [-0.3, -0.25) is 0 Å². The number of hydrogen-bond acceptors (Lipinski definition) is 4. The summed E-state index contributed by atoms with van der Waals surface area (Å²) < 4.78 is 22.1. The van der Waals surface area contributed by atoms with Gasteiger partial charge in [0.15, 0.2) is 0 Å². The van der Waals surface area contributed by atoms with E-state index in [9.17, 15) is 8.42 Å². The fraction of sp³-hybridized carbons (Fsp3) is 0.286. The van der Waals surface area contributed by atoms with E-state index in [1.807, 2.05) is 0 Å². The molecule has 1 rings (SSSR count). The van der Waals surface area contributed by atoms with Crippen molar-refractivity contribution in [3.05, 3.63) is 17.8 Å². The van der Waals surface area contributed by atoms with E-state index in [1.54, 1.807) is 0 Å². The quantitative estimate of drug-likeness (QED) is 0.775. The number of primary sulfonamides is 1. The number of sulfonamides is 1. The number of halogens is 1. The van der Waals surface area contributed by atoms with Gasteiger partial charge in [0.05, 0.1) is 0 Å². The number of nitrogen functional groups attached to an aromatic ring is 1. The third-order valence-electron chi connectivity index (χ3n) is 1.63. The highest BCUT2D eigenvalue weighted by Gasteiger charge is 2.13. The van der Waals surface area contributed by atoms with Crippen LogP contribution < -0.4 is 10.9 Å². The summed E-state index contributed by atoms with van der Waals surface area (Å²) in [4.78, 5) is 3.65. The Morgan fingerprint density at radius 2 is 2.14 bits per heavy atom. The molecule has 0 atom stereocenters. The standard InChI is InChI=1S/C7H10BrN3O2S/c8-2-1-5-3-6(14(10,12)13)7(9)11-4-5/h3-4H,1-2H2,(H2,9,11)(H2,10,12,13). The van der Waals surface area contributed by atoms with E-state index in [1.165, 1.54) is 12.3 Å². The lowest BCUT2D eigenvalue weighted by molar-refractivity contribution is 0.597. The van der Waals surface area contributed by atoms with E-state index < -0.39 is 10.0 Å². The van der Waals surface area contributed by atoms with Crippen molar-refractivity contribution in [3.63, 3.8) is 0 Å². The van der Waals surface area contributed by atoms with Crippen LogP contribution in [0.5, 0.6) is 0 Å². The molecule has 0 saturated heterocycles. The van der Waals surface area contributed by atoms with E-state index in [2.05, 4.69) is 20.9 Å². The Morgan fingerprint density at radius 3 is 2.64 bits per heavy atom. The molecular weight excluding hydrogens is 270 g/mol. The van der Waals surface area contributed by atoms with Gasteiger partial charge in [-0.05, 0) is 18.1 Å². The second kappa shape index (κ2) is 4.24. The van der Waals surface area contributed by atoms with Crippen LogP contribution in [0.1, 0.15) is 5.56 Å². The molecule has 0 aliphatic carbocycles. The van der Waals surface area contributed by atoms with Gasteiger partial charge in [-0.15, -0.1) is 0 Å². The zero-order valence-corrected chi connectivity index (χ0v) is 9.68. The first-order valence-electron chi connectivity index (χ1n) is 3.78. The Morgan fingerprint density at radius 1 is 1.50 bits per heavy atom. The zero-order valence-electron chi connectivity index (χ0n) is 7.27. The molecule has 0 bridgehead atoms. The lowest BCUT2D eigenvalue weighted by Gasteiger charge is -2.04. The predicted molar refractivity (Wildman–Crippen MR) is 57.5 cm³/mol. The smallest absolute Gasteiger partial charge is 0.241 e. The summed E-state index contributed by atoms with van der Waals surface area (Å²) >= 11 is 3.24. The van der Waals surface area contributed by atoms with Gasteiger partial charge in [-0.1, -0.05) is 15.9 Å². The van der Waals surface area contributed by atoms with Gasteiger partial charge >= 0.3 is 0 Å². The van der Waals surface area contributed by atoms with Crippen LogP contribution in [0.4, 0.5) is 5.82 Å². The highest BCUT2D eigenvalue weighted by molar-refractivity contribution is 9.09. The number of nitrogens with two attached hydrogens (primary N) is 2. The van der Waals surface area contributed by atoms with Crippen LogP contribution >= 0.6 is 15.9 Å². The summed E-state index contributed by atoms with van der Waals surface area (Å²) in [6.07, 6.45) is 2.21. The second-order valence-corrected chi connectivity index (χ2v) is 5.03. The molecule has 0 aliphatic rings. The summed E-state index contributed by atoms with van der Waals surface area (Å²) in [5.41, 5.74) is 6.17. The molecule has 0 spiro atoms. The monoisotopic (exact) mass is 279 g/mol. The molecule has 7 heteroatoms. The number of pyridine rings is 1. The maximum Gasteiger partial charge on any atom is 0.241 e. The Kier molecular flexibility index (Phi) is 3.46. The maximum atomic E-state index is 11.1. The molecule has 0 aromatic carbocycles. The van der Waals surface area contributed by atoms with Crippen LogP contribution in [0, 0.1) is 0 Å². The number of aryl methyl sites for hydroxylation is 1. The normalized spacial score (nSPS) is 11.6. The highest BCUT2D eigenvalue weighted by Crippen LogP contribution is 2.16. The topological polar surface area (TPSA) is 99.1 Å². The van der Waals surface area contributed by atoms with E-state index in [0.717, 1.165) is 10.9 Å². The van der Waals surface area contributed by atoms with Crippen LogP contribution in [0.3, 0.4) is 0 Å². The molecule has 5 nitrogen and oxygen atoms in total. The Hall–Kier alpha value is -0.660. The molecule has 0 unspecified atom stereocenters.